The Hall–Kier alpha value is -3.07. The SMILES string of the molecule is COC(=O)CCC(=O)Oc1ccc2c3c(c4cc(OC)c(OC)cc4c2c1)CN1CCC[C@H]1[C@H]3O.Cl. The Kier molecular flexibility index (Phi) is 7.59. The number of methoxy groups -OCH3 is 3. The first-order valence-corrected chi connectivity index (χ1v) is 11.8. The minimum absolute atomic E-state index is 0. The van der Waals surface area contributed by atoms with Gasteiger partial charge in [0.15, 0.2) is 11.5 Å². The van der Waals surface area contributed by atoms with Gasteiger partial charge < -0.3 is 24.1 Å². The average molecular weight is 516 g/mol. The number of benzene rings is 3. The Morgan fingerprint density at radius 2 is 1.61 bits per heavy atom. The molecule has 8 nitrogen and oxygen atoms in total. The largest absolute Gasteiger partial charge is 0.493 e. The molecule has 0 spiro atoms. The molecule has 0 aliphatic carbocycles. The van der Waals surface area contributed by atoms with Gasteiger partial charge >= 0.3 is 11.9 Å². The van der Waals surface area contributed by atoms with Gasteiger partial charge in [-0.3, -0.25) is 14.5 Å². The molecule has 3 aromatic carbocycles. The molecule has 192 valence electrons. The maximum absolute atomic E-state index is 12.3. The average Bonchev–Trinajstić information content (AvgIpc) is 3.35. The Morgan fingerprint density at radius 3 is 2.31 bits per heavy atom. The quantitative estimate of drug-likeness (QED) is 0.295. The molecular formula is C27H30ClNO7. The van der Waals surface area contributed by atoms with E-state index in [4.69, 9.17) is 14.2 Å². The maximum atomic E-state index is 12.3. The number of carbonyl (C=O) groups is 2. The predicted molar refractivity (Wildman–Crippen MR) is 137 cm³/mol. The molecule has 9 heteroatoms. The summed E-state index contributed by atoms with van der Waals surface area (Å²) in [5.41, 5.74) is 2.01. The second kappa shape index (κ2) is 10.5. The lowest BCUT2D eigenvalue weighted by Gasteiger charge is -2.37. The molecule has 2 aliphatic rings. The van der Waals surface area contributed by atoms with E-state index in [0.717, 1.165) is 58.6 Å². The van der Waals surface area contributed by atoms with Crippen molar-refractivity contribution < 1.29 is 33.6 Å². The summed E-state index contributed by atoms with van der Waals surface area (Å²) in [6, 6.07) is 9.44. The number of aliphatic hydroxyl groups is 1. The zero-order chi connectivity index (χ0) is 24.7. The van der Waals surface area contributed by atoms with Crippen LogP contribution in [0.4, 0.5) is 0 Å². The zero-order valence-corrected chi connectivity index (χ0v) is 21.4. The fourth-order valence-electron chi connectivity index (χ4n) is 5.50. The Morgan fingerprint density at radius 1 is 0.944 bits per heavy atom. The van der Waals surface area contributed by atoms with E-state index in [1.807, 2.05) is 24.3 Å². The van der Waals surface area contributed by atoms with Gasteiger partial charge in [-0.2, -0.15) is 0 Å². The van der Waals surface area contributed by atoms with Gasteiger partial charge in [-0.1, -0.05) is 6.07 Å². The second-order valence-electron chi connectivity index (χ2n) is 9.03. The first kappa shape index (κ1) is 26.0. The van der Waals surface area contributed by atoms with Crippen LogP contribution in [0.15, 0.2) is 30.3 Å². The molecule has 1 saturated heterocycles. The summed E-state index contributed by atoms with van der Waals surface area (Å²) in [6.07, 6.45) is 1.29. The highest BCUT2D eigenvalue weighted by Crippen LogP contribution is 2.47. The summed E-state index contributed by atoms with van der Waals surface area (Å²) in [7, 11) is 4.48. The molecule has 0 radical (unpaired) electrons. The van der Waals surface area contributed by atoms with E-state index in [0.29, 0.717) is 17.2 Å². The van der Waals surface area contributed by atoms with Crippen molar-refractivity contribution in [3.8, 4) is 17.2 Å². The lowest BCUT2D eigenvalue weighted by atomic mass is 9.83. The number of nitrogens with zero attached hydrogens (tertiary/aromatic N) is 1. The van der Waals surface area contributed by atoms with Crippen molar-refractivity contribution in [3.05, 3.63) is 41.5 Å². The van der Waals surface area contributed by atoms with Crippen LogP contribution >= 0.6 is 12.4 Å². The van der Waals surface area contributed by atoms with E-state index in [1.165, 1.54) is 7.11 Å². The third-order valence-corrected chi connectivity index (χ3v) is 7.17. The van der Waals surface area contributed by atoms with Crippen LogP contribution in [0.25, 0.3) is 21.5 Å². The number of rotatable bonds is 6. The number of carbonyl (C=O) groups excluding carboxylic acids is 2. The molecule has 0 aromatic heterocycles. The molecule has 2 heterocycles. The van der Waals surface area contributed by atoms with Gasteiger partial charge in [0.25, 0.3) is 0 Å². The highest BCUT2D eigenvalue weighted by atomic mass is 35.5. The molecule has 3 aromatic rings. The molecule has 36 heavy (non-hydrogen) atoms. The highest BCUT2D eigenvalue weighted by molar-refractivity contribution is 6.12. The van der Waals surface area contributed by atoms with Gasteiger partial charge in [0, 0.05) is 12.6 Å². The summed E-state index contributed by atoms with van der Waals surface area (Å²) >= 11 is 0. The molecule has 0 unspecified atom stereocenters. The first-order chi connectivity index (χ1) is 16.9. The van der Waals surface area contributed by atoms with Crippen LogP contribution in [0.3, 0.4) is 0 Å². The van der Waals surface area contributed by atoms with Crippen LogP contribution in [0.2, 0.25) is 0 Å². The molecule has 2 atom stereocenters. The number of hydrogen-bond donors (Lipinski definition) is 1. The molecule has 0 bridgehead atoms. The highest BCUT2D eigenvalue weighted by Gasteiger charge is 2.39. The van der Waals surface area contributed by atoms with E-state index < -0.39 is 18.0 Å². The zero-order valence-electron chi connectivity index (χ0n) is 20.5. The number of esters is 2. The molecule has 1 fully saturated rings. The van der Waals surface area contributed by atoms with Crippen molar-refractivity contribution in [3.63, 3.8) is 0 Å². The summed E-state index contributed by atoms with van der Waals surface area (Å²) in [5, 5.41) is 15.1. The van der Waals surface area contributed by atoms with E-state index in [2.05, 4.69) is 9.64 Å². The van der Waals surface area contributed by atoms with Gasteiger partial charge in [-0.15, -0.1) is 12.4 Å². The van der Waals surface area contributed by atoms with Gasteiger partial charge in [-0.25, -0.2) is 0 Å². The van der Waals surface area contributed by atoms with Crippen molar-refractivity contribution in [2.75, 3.05) is 27.9 Å². The van der Waals surface area contributed by atoms with Gasteiger partial charge in [0.2, 0.25) is 0 Å². The van der Waals surface area contributed by atoms with Crippen molar-refractivity contribution in [1.29, 1.82) is 0 Å². The molecule has 5 rings (SSSR count). The second-order valence-corrected chi connectivity index (χ2v) is 9.03. The fourth-order valence-corrected chi connectivity index (χ4v) is 5.50. The minimum Gasteiger partial charge on any atom is -0.493 e. The number of fused-ring (bicyclic) bond motifs is 7. The van der Waals surface area contributed by atoms with E-state index in [9.17, 15) is 14.7 Å². The van der Waals surface area contributed by atoms with E-state index in [1.54, 1.807) is 20.3 Å². The topological polar surface area (TPSA) is 94.5 Å². The predicted octanol–water partition coefficient (Wildman–Crippen LogP) is 4.30. The molecule has 0 saturated carbocycles. The van der Waals surface area contributed by atoms with Crippen LogP contribution in [-0.4, -0.2) is 55.9 Å². The summed E-state index contributed by atoms with van der Waals surface area (Å²) in [4.78, 5) is 26.0. The fraction of sp³-hybridized carbons (Fsp3) is 0.407. The lowest BCUT2D eigenvalue weighted by molar-refractivity contribution is -0.144. The van der Waals surface area contributed by atoms with Crippen molar-refractivity contribution in [1.82, 2.24) is 4.90 Å². The van der Waals surface area contributed by atoms with Crippen LogP contribution in [-0.2, 0) is 20.9 Å². The molecular weight excluding hydrogens is 486 g/mol. The van der Waals surface area contributed by atoms with Crippen LogP contribution in [0.5, 0.6) is 17.2 Å². The van der Waals surface area contributed by atoms with Crippen LogP contribution < -0.4 is 14.2 Å². The van der Waals surface area contributed by atoms with E-state index >= 15 is 0 Å². The van der Waals surface area contributed by atoms with E-state index in [-0.39, 0.29) is 31.3 Å². The van der Waals surface area contributed by atoms with Crippen molar-refractivity contribution in [2.45, 2.75) is 44.4 Å². The molecule has 2 aliphatic heterocycles. The van der Waals surface area contributed by atoms with Gasteiger partial charge in [-0.05, 0) is 76.3 Å². The number of aliphatic hydroxyl groups excluding tert-OH is 1. The standard InChI is InChI=1S/C27H29NO7.ClH/c1-32-22-12-18-17-11-15(35-25(30)9-8-24(29)34-3)6-7-16(17)26-20(19(18)13-23(22)33-2)14-28-10-4-5-21(28)27(26)31;/h6-7,11-13,21,27,31H,4-5,8-10,14H2,1-3H3;1H/t21-,27+;/m0./s1. The van der Waals surface area contributed by atoms with Gasteiger partial charge in [0.1, 0.15) is 5.75 Å². The monoisotopic (exact) mass is 515 g/mol. The third-order valence-electron chi connectivity index (χ3n) is 7.17. The third kappa shape index (κ3) is 4.45. The Balaban J connectivity index is 0.00000304. The summed E-state index contributed by atoms with van der Waals surface area (Å²) in [5.74, 6) is 0.602. The van der Waals surface area contributed by atoms with Crippen molar-refractivity contribution in [2.24, 2.45) is 0 Å². The lowest BCUT2D eigenvalue weighted by Crippen LogP contribution is -2.39. The minimum atomic E-state index is -0.616. The smallest absolute Gasteiger partial charge is 0.311 e. The Labute approximate surface area is 215 Å². The number of ether oxygens (including phenoxy) is 4. The number of hydrogen-bond acceptors (Lipinski definition) is 8. The van der Waals surface area contributed by atoms with Crippen LogP contribution in [0.1, 0.15) is 42.9 Å². The first-order valence-electron chi connectivity index (χ1n) is 11.8. The maximum Gasteiger partial charge on any atom is 0.311 e. The Bertz CT molecular complexity index is 1320. The van der Waals surface area contributed by atoms with Crippen molar-refractivity contribution >= 4 is 45.9 Å². The number of halogens is 1. The molecule has 0 amide bonds. The van der Waals surface area contributed by atoms with Crippen LogP contribution in [0, 0.1) is 0 Å². The summed E-state index contributed by atoms with van der Waals surface area (Å²) < 4.78 is 21.3. The van der Waals surface area contributed by atoms with Gasteiger partial charge in [0.05, 0.1) is 40.3 Å². The normalized spacial score (nSPS) is 18.8. The summed E-state index contributed by atoms with van der Waals surface area (Å²) in [6.45, 7) is 1.72. The molecule has 1 N–H and O–H groups in total.